The van der Waals surface area contributed by atoms with Gasteiger partial charge < -0.3 is 15.5 Å². The molecule has 1 amide bonds. The lowest BCUT2D eigenvalue weighted by Crippen LogP contribution is -2.44. The Balaban J connectivity index is 0.00000110. The molecule has 0 aromatic carbocycles. The van der Waals surface area contributed by atoms with Crippen LogP contribution < -0.4 is 10.6 Å². The van der Waals surface area contributed by atoms with Crippen molar-refractivity contribution in [1.82, 2.24) is 15.5 Å². The van der Waals surface area contributed by atoms with Gasteiger partial charge in [0.25, 0.3) is 0 Å². The molecule has 0 aromatic rings. The first-order valence-electron chi connectivity index (χ1n) is 7.94. The largest absolute Gasteiger partial charge is 0.354 e. The van der Waals surface area contributed by atoms with E-state index in [0.717, 1.165) is 25.4 Å². The summed E-state index contributed by atoms with van der Waals surface area (Å²) in [5, 5.41) is 6.72. The lowest BCUT2D eigenvalue weighted by molar-refractivity contribution is -0.123. The van der Waals surface area contributed by atoms with Gasteiger partial charge in [0.2, 0.25) is 5.91 Å². The van der Waals surface area contributed by atoms with Crippen LogP contribution in [0.3, 0.4) is 0 Å². The Hall–Kier alpha value is -0.0300. The lowest BCUT2D eigenvalue weighted by atomic mass is 9.85. The van der Waals surface area contributed by atoms with Gasteiger partial charge >= 0.3 is 0 Å². The van der Waals surface area contributed by atoms with E-state index in [-0.39, 0.29) is 36.8 Å². The summed E-state index contributed by atoms with van der Waals surface area (Å²) in [5.74, 6) is 1.64. The van der Waals surface area contributed by atoms with E-state index >= 15 is 0 Å². The quantitative estimate of drug-likeness (QED) is 0.825. The van der Waals surface area contributed by atoms with Gasteiger partial charge in [-0.3, -0.25) is 4.79 Å². The first kappa shape index (κ1) is 19.0. The van der Waals surface area contributed by atoms with Gasteiger partial charge in [0, 0.05) is 19.1 Å². The highest BCUT2D eigenvalue weighted by Crippen LogP contribution is 2.33. The van der Waals surface area contributed by atoms with Crippen molar-refractivity contribution >= 4 is 30.7 Å². The molecule has 2 heterocycles. The molecule has 4 unspecified atom stereocenters. The fourth-order valence-electron chi connectivity index (χ4n) is 4.08. The van der Waals surface area contributed by atoms with Crippen LogP contribution in [0, 0.1) is 11.8 Å². The fraction of sp³-hybridized carbons (Fsp3) is 0.933. The Morgan fingerprint density at radius 1 is 1.24 bits per heavy atom. The van der Waals surface area contributed by atoms with Crippen LogP contribution in [0.25, 0.3) is 0 Å². The summed E-state index contributed by atoms with van der Waals surface area (Å²) in [5.41, 5.74) is 0. The van der Waals surface area contributed by atoms with Crippen molar-refractivity contribution in [3.8, 4) is 0 Å². The van der Waals surface area contributed by atoms with E-state index in [4.69, 9.17) is 0 Å². The number of hydrogen-bond acceptors (Lipinski definition) is 3. The van der Waals surface area contributed by atoms with Gasteiger partial charge in [-0.15, -0.1) is 24.8 Å². The first-order chi connectivity index (χ1) is 9.22. The predicted molar refractivity (Wildman–Crippen MR) is 90.4 cm³/mol. The lowest BCUT2D eigenvalue weighted by Gasteiger charge is -2.24. The van der Waals surface area contributed by atoms with Crippen LogP contribution in [0.2, 0.25) is 0 Å². The molecule has 21 heavy (non-hydrogen) atoms. The third-order valence-electron chi connectivity index (χ3n) is 5.23. The van der Waals surface area contributed by atoms with Crippen molar-refractivity contribution in [1.29, 1.82) is 0 Å². The van der Waals surface area contributed by atoms with Gasteiger partial charge in [-0.25, -0.2) is 0 Å². The molecule has 124 valence electrons. The molecule has 2 N–H and O–H groups in total. The molecule has 3 rings (SSSR count). The Kier molecular flexibility index (Phi) is 7.75. The molecule has 3 aliphatic rings. The Labute approximate surface area is 140 Å². The summed E-state index contributed by atoms with van der Waals surface area (Å²) < 4.78 is 0. The predicted octanol–water partition coefficient (Wildman–Crippen LogP) is 1.82. The zero-order valence-corrected chi connectivity index (χ0v) is 14.5. The third kappa shape index (κ3) is 4.72. The molecule has 0 bridgehead atoms. The van der Waals surface area contributed by atoms with Crippen molar-refractivity contribution in [2.24, 2.45) is 11.8 Å². The van der Waals surface area contributed by atoms with E-state index in [2.05, 4.69) is 22.6 Å². The summed E-state index contributed by atoms with van der Waals surface area (Å²) in [6.07, 6.45) is 7.54. The molecule has 1 aliphatic carbocycles. The minimum absolute atomic E-state index is 0. The highest BCUT2D eigenvalue weighted by atomic mass is 35.5. The molecular formula is C15H29Cl2N3O. The number of carbonyl (C=O) groups excluding carboxylic acids is 1. The van der Waals surface area contributed by atoms with Gasteiger partial charge in [0.1, 0.15) is 0 Å². The summed E-state index contributed by atoms with van der Waals surface area (Å²) >= 11 is 0. The van der Waals surface area contributed by atoms with Gasteiger partial charge in [-0.05, 0) is 51.1 Å². The molecule has 3 fully saturated rings. The number of nitrogens with zero attached hydrogens (tertiary/aromatic N) is 1. The van der Waals surface area contributed by atoms with Crippen molar-refractivity contribution in [3.63, 3.8) is 0 Å². The Morgan fingerprint density at radius 2 is 2.00 bits per heavy atom. The number of carbonyl (C=O) groups is 1. The topological polar surface area (TPSA) is 44.4 Å². The number of rotatable bonds is 3. The summed E-state index contributed by atoms with van der Waals surface area (Å²) in [6.45, 7) is 3.16. The maximum Gasteiger partial charge on any atom is 0.237 e. The SMILES string of the molecule is CN1CCC(CNC(=O)C2CC3CCCCC3N2)C1.Cl.Cl. The zero-order chi connectivity index (χ0) is 13.2. The number of hydrogen-bond donors (Lipinski definition) is 2. The molecule has 1 saturated carbocycles. The molecule has 4 atom stereocenters. The summed E-state index contributed by atoms with van der Waals surface area (Å²) in [6, 6.07) is 0.689. The van der Waals surface area contributed by atoms with Crippen LogP contribution in [0.1, 0.15) is 38.5 Å². The summed E-state index contributed by atoms with van der Waals surface area (Å²) in [4.78, 5) is 14.6. The van der Waals surface area contributed by atoms with Crippen LogP contribution in [0.4, 0.5) is 0 Å². The van der Waals surface area contributed by atoms with Crippen molar-refractivity contribution in [3.05, 3.63) is 0 Å². The van der Waals surface area contributed by atoms with Crippen LogP contribution in [0.15, 0.2) is 0 Å². The molecular weight excluding hydrogens is 309 g/mol. The van der Waals surface area contributed by atoms with E-state index in [1.54, 1.807) is 0 Å². The third-order valence-corrected chi connectivity index (χ3v) is 5.23. The molecule has 0 aromatic heterocycles. The average Bonchev–Trinajstić information content (AvgIpc) is 3.01. The zero-order valence-electron chi connectivity index (χ0n) is 12.8. The maximum absolute atomic E-state index is 12.2. The average molecular weight is 338 g/mol. The number of likely N-dealkylation sites (tertiary alicyclic amines) is 1. The maximum atomic E-state index is 12.2. The van der Waals surface area contributed by atoms with Crippen molar-refractivity contribution < 1.29 is 4.79 Å². The van der Waals surface area contributed by atoms with Gasteiger partial charge in [-0.2, -0.15) is 0 Å². The summed E-state index contributed by atoms with van der Waals surface area (Å²) in [7, 11) is 2.16. The molecule has 0 radical (unpaired) electrons. The smallest absolute Gasteiger partial charge is 0.237 e. The molecule has 2 saturated heterocycles. The van der Waals surface area contributed by atoms with Crippen molar-refractivity contribution in [2.45, 2.75) is 50.6 Å². The van der Waals surface area contributed by atoms with Crippen LogP contribution in [-0.2, 0) is 4.79 Å². The fourth-order valence-corrected chi connectivity index (χ4v) is 4.08. The first-order valence-corrected chi connectivity index (χ1v) is 7.94. The van der Waals surface area contributed by atoms with E-state index in [1.807, 2.05) is 0 Å². The van der Waals surface area contributed by atoms with E-state index in [0.29, 0.717) is 12.0 Å². The monoisotopic (exact) mass is 337 g/mol. The van der Waals surface area contributed by atoms with Gasteiger partial charge in [-0.1, -0.05) is 12.8 Å². The second-order valence-corrected chi connectivity index (χ2v) is 6.77. The normalized spacial score (nSPS) is 35.5. The van der Waals surface area contributed by atoms with Crippen LogP contribution >= 0.6 is 24.8 Å². The van der Waals surface area contributed by atoms with Gasteiger partial charge in [0.05, 0.1) is 6.04 Å². The molecule has 4 nitrogen and oxygen atoms in total. The number of amides is 1. The molecule has 6 heteroatoms. The standard InChI is InChI=1S/C15H27N3O.2ClH/c1-18-7-6-11(10-18)9-16-15(19)14-8-12-4-2-3-5-13(12)17-14;;/h11-14,17H,2-10H2,1H3,(H,16,19);2*1H. The second-order valence-electron chi connectivity index (χ2n) is 6.77. The highest BCUT2D eigenvalue weighted by molar-refractivity contribution is 5.85. The van der Waals surface area contributed by atoms with Crippen LogP contribution in [-0.4, -0.2) is 49.6 Å². The molecule has 2 aliphatic heterocycles. The number of fused-ring (bicyclic) bond motifs is 1. The van der Waals surface area contributed by atoms with Crippen LogP contribution in [0.5, 0.6) is 0 Å². The molecule has 0 spiro atoms. The van der Waals surface area contributed by atoms with Gasteiger partial charge in [0.15, 0.2) is 0 Å². The van der Waals surface area contributed by atoms with E-state index in [1.165, 1.54) is 38.6 Å². The second kappa shape index (κ2) is 8.56. The van der Waals surface area contributed by atoms with Crippen molar-refractivity contribution in [2.75, 3.05) is 26.7 Å². The van der Waals surface area contributed by atoms with E-state index < -0.39 is 0 Å². The highest BCUT2D eigenvalue weighted by Gasteiger charge is 2.38. The Bertz CT molecular complexity index is 329. The Morgan fingerprint density at radius 3 is 2.67 bits per heavy atom. The minimum atomic E-state index is 0. The minimum Gasteiger partial charge on any atom is -0.354 e. The number of halogens is 2. The van der Waals surface area contributed by atoms with E-state index in [9.17, 15) is 4.79 Å². The number of nitrogens with one attached hydrogen (secondary N) is 2.